The van der Waals surface area contributed by atoms with Gasteiger partial charge in [0.05, 0.1) is 5.69 Å². The third kappa shape index (κ3) is 3.37. The first-order valence-corrected chi connectivity index (χ1v) is 8.39. The number of imidazole rings is 1. The molecule has 2 aromatic rings. The Balaban J connectivity index is 1.77. The number of halogens is 1. The number of aromatic nitrogens is 4. The Bertz CT molecular complexity index is 679. The summed E-state index contributed by atoms with van der Waals surface area (Å²) in [5, 5.41) is 0. The van der Waals surface area contributed by atoms with Crippen molar-refractivity contribution in [2.24, 2.45) is 0 Å². The average Bonchev–Trinajstić information content (AvgIpc) is 3.01. The molecule has 2 aromatic heterocycles. The number of carbonyl (C=O) groups excluding carboxylic acids is 1. The molecular formula is C16H20ClN5O. The van der Waals surface area contributed by atoms with Gasteiger partial charge in [-0.1, -0.05) is 0 Å². The second-order valence-electron chi connectivity index (χ2n) is 5.70. The van der Waals surface area contributed by atoms with Gasteiger partial charge in [-0.2, -0.15) is 0 Å². The van der Waals surface area contributed by atoms with Crippen LogP contribution in [-0.4, -0.2) is 49.3 Å². The van der Waals surface area contributed by atoms with E-state index in [1.807, 2.05) is 22.6 Å². The second-order valence-corrected chi connectivity index (χ2v) is 6.08. The molecule has 6 nitrogen and oxygen atoms in total. The Labute approximate surface area is 140 Å². The van der Waals surface area contributed by atoms with E-state index in [9.17, 15) is 4.79 Å². The normalized spacial score (nSPS) is 15.8. The summed E-state index contributed by atoms with van der Waals surface area (Å²) in [6.07, 6.45) is 9.31. The van der Waals surface area contributed by atoms with Crippen LogP contribution in [0, 0.1) is 6.92 Å². The maximum absolute atomic E-state index is 11.9. The van der Waals surface area contributed by atoms with Crippen LogP contribution in [0.1, 0.15) is 36.7 Å². The molecule has 1 saturated heterocycles. The van der Waals surface area contributed by atoms with E-state index in [1.165, 1.54) is 0 Å². The summed E-state index contributed by atoms with van der Waals surface area (Å²) in [6.45, 7) is 3.45. The van der Waals surface area contributed by atoms with Crippen molar-refractivity contribution in [2.75, 3.05) is 19.0 Å². The Hall–Kier alpha value is -1.95. The molecule has 1 amide bonds. The molecule has 1 aliphatic heterocycles. The highest BCUT2D eigenvalue weighted by Crippen LogP contribution is 2.30. The number of nitrogens with zero attached hydrogens (tertiary/aromatic N) is 5. The van der Waals surface area contributed by atoms with Gasteiger partial charge in [0.25, 0.3) is 0 Å². The van der Waals surface area contributed by atoms with Crippen molar-refractivity contribution in [2.45, 2.75) is 32.1 Å². The van der Waals surface area contributed by atoms with Crippen LogP contribution in [-0.2, 0) is 4.79 Å². The van der Waals surface area contributed by atoms with Crippen molar-refractivity contribution in [3.05, 3.63) is 36.3 Å². The number of rotatable bonds is 4. The molecule has 0 saturated carbocycles. The quantitative estimate of drug-likeness (QED) is 0.805. The number of hydrogen-bond donors (Lipinski definition) is 0. The van der Waals surface area contributed by atoms with Gasteiger partial charge in [-0.3, -0.25) is 14.3 Å². The highest BCUT2D eigenvalue weighted by atomic mass is 35.5. The number of likely N-dealkylation sites (tertiary alicyclic amines) is 1. The molecule has 0 aliphatic carbocycles. The Kier molecular flexibility index (Phi) is 4.91. The van der Waals surface area contributed by atoms with Gasteiger partial charge in [0.15, 0.2) is 5.82 Å². The van der Waals surface area contributed by atoms with Crippen molar-refractivity contribution in [1.29, 1.82) is 0 Å². The molecule has 3 heterocycles. The molecule has 0 aromatic carbocycles. The lowest BCUT2D eigenvalue weighted by molar-refractivity contribution is -0.131. The molecule has 0 atom stereocenters. The molecule has 1 fully saturated rings. The van der Waals surface area contributed by atoms with Crippen molar-refractivity contribution < 1.29 is 4.79 Å². The predicted octanol–water partition coefficient (Wildman–Crippen LogP) is 2.31. The Morgan fingerprint density at radius 3 is 2.61 bits per heavy atom. The molecule has 23 heavy (non-hydrogen) atoms. The SMILES string of the molecule is Cc1nccn1-c1nccnc1C1CCN(C(=O)CCCl)CC1. The summed E-state index contributed by atoms with van der Waals surface area (Å²) in [5.41, 5.74) is 0.984. The van der Waals surface area contributed by atoms with E-state index in [4.69, 9.17) is 11.6 Å². The Morgan fingerprint density at radius 1 is 1.22 bits per heavy atom. The monoisotopic (exact) mass is 333 g/mol. The minimum atomic E-state index is 0.142. The van der Waals surface area contributed by atoms with Gasteiger partial charge in [-0.05, 0) is 19.8 Å². The number of aryl methyl sites for hydroxylation is 1. The molecular weight excluding hydrogens is 314 g/mol. The van der Waals surface area contributed by atoms with Crippen LogP contribution >= 0.6 is 11.6 Å². The van der Waals surface area contributed by atoms with Gasteiger partial charge < -0.3 is 4.90 Å². The van der Waals surface area contributed by atoms with Gasteiger partial charge in [0.1, 0.15) is 5.82 Å². The molecule has 3 rings (SSSR count). The second kappa shape index (κ2) is 7.08. The standard InChI is InChI=1S/C16H20ClN5O/c1-12-18-8-11-22(12)16-15(19-6-7-20-16)13-3-9-21(10-4-13)14(23)2-5-17/h6-8,11,13H,2-5,9-10H2,1H3. The number of alkyl halides is 1. The van der Waals surface area contributed by atoms with Crippen molar-refractivity contribution in [1.82, 2.24) is 24.4 Å². The summed E-state index contributed by atoms with van der Waals surface area (Å²) in [7, 11) is 0. The molecule has 1 aliphatic rings. The lowest BCUT2D eigenvalue weighted by Crippen LogP contribution is -2.38. The summed E-state index contributed by atoms with van der Waals surface area (Å²) < 4.78 is 1.97. The molecule has 0 N–H and O–H groups in total. The minimum Gasteiger partial charge on any atom is -0.343 e. The third-order valence-corrected chi connectivity index (χ3v) is 4.49. The number of carbonyl (C=O) groups is 1. The summed E-state index contributed by atoms with van der Waals surface area (Å²) in [6, 6.07) is 0. The Morgan fingerprint density at radius 2 is 1.96 bits per heavy atom. The van der Waals surface area contributed by atoms with E-state index in [0.29, 0.717) is 18.2 Å². The van der Waals surface area contributed by atoms with Gasteiger partial charge in [-0.25, -0.2) is 9.97 Å². The maximum Gasteiger partial charge on any atom is 0.223 e. The molecule has 0 bridgehead atoms. The lowest BCUT2D eigenvalue weighted by atomic mass is 9.93. The zero-order chi connectivity index (χ0) is 16.2. The molecule has 0 spiro atoms. The zero-order valence-electron chi connectivity index (χ0n) is 13.2. The fraction of sp³-hybridized carbons (Fsp3) is 0.500. The first kappa shape index (κ1) is 15.9. The zero-order valence-corrected chi connectivity index (χ0v) is 13.9. The molecule has 0 unspecified atom stereocenters. The average molecular weight is 334 g/mol. The van der Waals surface area contributed by atoms with Crippen LogP contribution in [0.4, 0.5) is 0 Å². The van der Waals surface area contributed by atoms with Gasteiger partial charge in [-0.15, -0.1) is 11.6 Å². The maximum atomic E-state index is 11.9. The van der Waals surface area contributed by atoms with Crippen LogP contribution in [0.15, 0.2) is 24.8 Å². The highest BCUT2D eigenvalue weighted by molar-refractivity contribution is 6.18. The van der Waals surface area contributed by atoms with Crippen LogP contribution in [0.25, 0.3) is 5.82 Å². The number of piperidine rings is 1. The van der Waals surface area contributed by atoms with Crippen molar-refractivity contribution in [3.8, 4) is 5.82 Å². The van der Waals surface area contributed by atoms with E-state index in [0.717, 1.165) is 43.3 Å². The fourth-order valence-corrected chi connectivity index (χ4v) is 3.22. The predicted molar refractivity (Wildman–Crippen MR) is 87.8 cm³/mol. The third-order valence-electron chi connectivity index (χ3n) is 4.30. The van der Waals surface area contributed by atoms with Gasteiger partial charge >= 0.3 is 0 Å². The summed E-state index contributed by atoms with van der Waals surface area (Å²) >= 11 is 5.66. The summed E-state index contributed by atoms with van der Waals surface area (Å²) in [5.74, 6) is 2.56. The van der Waals surface area contributed by atoms with E-state index in [2.05, 4.69) is 15.0 Å². The molecule has 122 valence electrons. The first-order valence-electron chi connectivity index (χ1n) is 7.85. The van der Waals surface area contributed by atoms with Crippen LogP contribution < -0.4 is 0 Å². The fourth-order valence-electron chi connectivity index (χ4n) is 3.06. The molecule has 0 radical (unpaired) electrons. The summed E-state index contributed by atoms with van der Waals surface area (Å²) in [4.78, 5) is 27.2. The van der Waals surface area contributed by atoms with E-state index in [1.54, 1.807) is 18.6 Å². The molecule has 7 heteroatoms. The number of hydrogen-bond acceptors (Lipinski definition) is 4. The smallest absolute Gasteiger partial charge is 0.223 e. The van der Waals surface area contributed by atoms with Crippen molar-refractivity contribution in [3.63, 3.8) is 0 Å². The lowest BCUT2D eigenvalue weighted by Gasteiger charge is -2.32. The topological polar surface area (TPSA) is 63.9 Å². The van der Waals surface area contributed by atoms with Crippen molar-refractivity contribution >= 4 is 17.5 Å². The van der Waals surface area contributed by atoms with E-state index < -0.39 is 0 Å². The van der Waals surface area contributed by atoms with Crippen LogP contribution in [0.2, 0.25) is 0 Å². The van der Waals surface area contributed by atoms with E-state index in [-0.39, 0.29) is 5.91 Å². The first-order chi connectivity index (χ1) is 11.2. The van der Waals surface area contributed by atoms with Gasteiger partial charge in [0, 0.05) is 56.1 Å². The largest absolute Gasteiger partial charge is 0.343 e. The van der Waals surface area contributed by atoms with Crippen LogP contribution in [0.5, 0.6) is 0 Å². The van der Waals surface area contributed by atoms with E-state index >= 15 is 0 Å². The minimum absolute atomic E-state index is 0.142. The number of amides is 1. The highest BCUT2D eigenvalue weighted by Gasteiger charge is 2.27. The van der Waals surface area contributed by atoms with Crippen LogP contribution in [0.3, 0.4) is 0 Å². The van der Waals surface area contributed by atoms with Gasteiger partial charge in [0.2, 0.25) is 5.91 Å².